The van der Waals surface area contributed by atoms with E-state index < -0.39 is 11.9 Å². The highest BCUT2D eigenvalue weighted by Crippen LogP contribution is 2.14. The van der Waals surface area contributed by atoms with Gasteiger partial charge in [-0.3, -0.25) is 9.80 Å². The van der Waals surface area contributed by atoms with Crippen LogP contribution in [-0.4, -0.2) is 71.3 Å². The zero-order chi connectivity index (χ0) is 21.8. The Morgan fingerprint density at radius 3 is 2.07 bits per heavy atom. The van der Waals surface area contributed by atoms with Crippen molar-refractivity contribution in [2.24, 2.45) is 0 Å². The summed E-state index contributed by atoms with van der Waals surface area (Å²) >= 11 is 0. The minimum absolute atomic E-state index is 0.770. The van der Waals surface area contributed by atoms with Crippen LogP contribution in [0.2, 0.25) is 0 Å². The number of carboxylic acids is 2. The fraction of sp³-hybridized carbons (Fsp3) is 0.391. The van der Waals surface area contributed by atoms with E-state index in [0.717, 1.165) is 58.0 Å². The minimum atomic E-state index is -1.82. The highest BCUT2D eigenvalue weighted by molar-refractivity contribution is 6.27. The molecule has 1 heterocycles. The van der Waals surface area contributed by atoms with Crippen molar-refractivity contribution in [2.45, 2.75) is 19.9 Å². The first kappa shape index (κ1) is 23.4. The molecule has 2 N–H and O–H groups in total. The van der Waals surface area contributed by atoms with Crippen molar-refractivity contribution in [3.8, 4) is 5.75 Å². The van der Waals surface area contributed by atoms with Gasteiger partial charge in [-0.1, -0.05) is 49.4 Å². The third kappa shape index (κ3) is 8.63. The van der Waals surface area contributed by atoms with Gasteiger partial charge in [0.25, 0.3) is 0 Å². The summed E-state index contributed by atoms with van der Waals surface area (Å²) in [4.78, 5) is 23.2. The van der Waals surface area contributed by atoms with Gasteiger partial charge >= 0.3 is 11.9 Å². The number of aryl methyl sites for hydroxylation is 1. The predicted molar refractivity (Wildman–Crippen MR) is 115 cm³/mol. The lowest BCUT2D eigenvalue weighted by molar-refractivity contribution is -0.159. The first-order valence-corrected chi connectivity index (χ1v) is 10.1. The summed E-state index contributed by atoms with van der Waals surface area (Å²) in [5.41, 5.74) is 2.74. The van der Waals surface area contributed by atoms with Gasteiger partial charge in [0.15, 0.2) is 0 Å². The Kier molecular flexibility index (Phi) is 9.83. The van der Waals surface area contributed by atoms with Crippen LogP contribution in [-0.2, 0) is 22.6 Å². The van der Waals surface area contributed by atoms with Gasteiger partial charge in [-0.05, 0) is 29.7 Å². The second-order valence-corrected chi connectivity index (χ2v) is 7.06. The number of benzene rings is 2. The van der Waals surface area contributed by atoms with Gasteiger partial charge in [0.05, 0.1) is 0 Å². The number of nitrogens with zero attached hydrogens (tertiary/aromatic N) is 2. The highest BCUT2D eigenvalue weighted by atomic mass is 16.5. The van der Waals surface area contributed by atoms with Gasteiger partial charge in [-0.2, -0.15) is 0 Å². The zero-order valence-corrected chi connectivity index (χ0v) is 17.4. The molecular formula is C23H30N2O5. The maximum absolute atomic E-state index is 9.10. The molecular weight excluding hydrogens is 384 g/mol. The lowest BCUT2D eigenvalue weighted by Gasteiger charge is -2.34. The SMILES string of the molecule is CCc1cccc(OCCN2CCN(Cc3ccccc3)CC2)c1.O=C(O)C(=O)O. The number of ether oxygens (including phenoxy) is 1. The smallest absolute Gasteiger partial charge is 0.414 e. The maximum Gasteiger partial charge on any atom is 0.414 e. The number of carbonyl (C=O) groups is 2. The summed E-state index contributed by atoms with van der Waals surface area (Å²) < 4.78 is 5.92. The molecule has 7 heteroatoms. The molecule has 1 fully saturated rings. The van der Waals surface area contributed by atoms with E-state index in [2.05, 4.69) is 71.3 Å². The fourth-order valence-electron chi connectivity index (χ4n) is 3.16. The Morgan fingerprint density at radius 2 is 1.47 bits per heavy atom. The lowest BCUT2D eigenvalue weighted by atomic mass is 10.2. The third-order valence-corrected chi connectivity index (χ3v) is 4.88. The number of carboxylic acid groups (broad SMARTS) is 2. The van der Waals surface area contributed by atoms with Crippen LogP contribution in [0.5, 0.6) is 5.75 Å². The molecule has 0 spiro atoms. The molecule has 1 saturated heterocycles. The molecule has 7 nitrogen and oxygen atoms in total. The topological polar surface area (TPSA) is 90.3 Å². The van der Waals surface area contributed by atoms with Crippen molar-refractivity contribution in [3.05, 3.63) is 65.7 Å². The standard InChI is InChI=1S/C21H28N2O.C2H2O4/c1-2-19-9-6-10-21(17-19)24-16-15-22-11-13-23(14-12-22)18-20-7-4-3-5-8-20;3-1(4)2(5)6/h3-10,17H,2,11-16,18H2,1H3;(H,3,4)(H,5,6). The van der Waals surface area contributed by atoms with E-state index in [4.69, 9.17) is 24.5 Å². The van der Waals surface area contributed by atoms with Gasteiger partial charge in [-0.25, -0.2) is 9.59 Å². The average molecular weight is 415 g/mol. The summed E-state index contributed by atoms with van der Waals surface area (Å²) in [6.45, 7) is 9.56. The van der Waals surface area contributed by atoms with Crippen molar-refractivity contribution in [1.29, 1.82) is 0 Å². The molecule has 0 amide bonds. The van der Waals surface area contributed by atoms with Crippen LogP contribution in [0.25, 0.3) is 0 Å². The number of rotatable bonds is 7. The minimum Gasteiger partial charge on any atom is -0.492 e. The van der Waals surface area contributed by atoms with Gasteiger partial charge in [0.1, 0.15) is 12.4 Å². The molecule has 2 aromatic carbocycles. The van der Waals surface area contributed by atoms with Crippen molar-refractivity contribution < 1.29 is 24.5 Å². The van der Waals surface area contributed by atoms with Crippen LogP contribution >= 0.6 is 0 Å². The Labute approximate surface area is 177 Å². The Bertz CT molecular complexity index is 777. The summed E-state index contributed by atoms with van der Waals surface area (Å²) in [6.07, 6.45) is 1.06. The number of piperazine rings is 1. The van der Waals surface area contributed by atoms with Gasteiger partial charge in [-0.15, -0.1) is 0 Å². The Hall–Kier alpha value is -2.90. The van der Waals surface area contributed by atoms with Crippen molar-refractivity contribution >= 4 is 11.9 Å². The summed E-state index contributed by atoms with van der Waals surface area (Å²) in [6, 6.07) is 19.2. The highest BCUT2D eigenvalue weighted by Gasteiger charge is 2.16. The molecule has 0 aliphatic carbocycles. The van der Waals surface area contributed by atoms with E-state index >= 15 is 0 Å². The van der Waals surface area contributed by atoms with Crippen molar-refractivity contribution in [1.82, 2.24) is 9.80 Å². The van der Waals surface area contributed by atoms with E-state index in [0.29, 0.717) is 0 Å². The van der Waals surface area contributed by atoms with Crippen LogP contribution < -0.4 is 4.74 Å². The van der Waals surface area contributed by atoms with Crippen LogP contribution in [0, 0.1) is 0 Å². The maximum atomic E-state index is 9.10. The van der Waals surface area contributed by atoms with Crippen LogP contribution in [0.3, 0.4) is 0 Å². The molecule has 0 unspecified atom stereocenters. The molecule has 0 atom stereocenters. The van der Waals surface area contributed by atoms with Crippen LogP contribution in [0.4, 0.5) is 0 Å². The second-order valence-electron chi connectivity index (χ2n) is 7.06. The molecule has 0 bridgehead atoms. The van der Waals surface area contributed by atoms with E-state index in [9.17, 15) is 0 Å². The molecule has 0 aromatic heterocycles. The van der Waals surface area contributed by atoms with Crippen LogP contribution in [0.1, 0.15) is 18.1 Å². The molecule has 0 radical (unpaired) electrons. The van der Waals surface area contributed by atoms with Crippen molar-refractivity contribution in [3.63, 3.8) is 0 Å². The van der Waals surface area contributed by atoms with Gasteiger partial charge in [0, 0.05) is 39.3 Å². The number of hydrogen-bond acceptors (Lipinski definition) is 5. The number of hydrogen-bond donors (Lipinski definition) is 2. The van der Waals surface area contributed by atoms with Crippen LogP contribution in [0.15, 0.2) is 54.6 Å². The Morgan fingerprint density at radius 1 is 0.867 bits per heavy atom. The van der Waals surface area contributed by atoms with E-state index in [1.807, 2.05) is 0 Å². The first-order valence-electron chi connectivity index (χ1n) is 10.1. The monoisotopic (exact) mass is 414 g/mol. The molecule has 0 saturated carbocycles. The third-order valence-electron chi connectivity index (χ3n) is 4.88. The number of aliphatic carboxylic acids is 2. The summed E-state index contributed by atoms with van der Waals surface area (Å²) in [7, 11) is 0. The Balaban J connectivity index is 0.000000469. The largest absolute Gasteiger partial charge is 0.492 e. The van der Waals surface area contributed by atoms with Gasteiger partial charge < -0.3 is 14.9 Å². The lowest BCUT2D eigenvalue weighted by Crippen LogP contribution is -2.47. The first-order chi connectivity index (χ1) is 14.5. The quantitative estimate of drug-likeness (QED) is 0.673. The second kappa shape index (κ2) is 12.6. The van der Waals surface area contributed by atoms with E-state index in [1.54, 1.807) is 0 Å². The normalized spacial score (nSPS) is 14.4. The average Bonchev–Trinajstić information content (AvgIpc) is 2.76. The van der Waals surface area contributed by atoms with E-state index in [1.165, 1.54) is 11.1 Å². The fourth-order valence-corrected chi connectivity index (χ4v) is 3.16. The summed E-state index contributed by atoms with van der Waals surface area (Å²) in [5.74, 6) is -2.65. The molecule has 2 aromatic rings. The molecule has 1 aliphatic rings. The molecule has 30 heavy (non-hydrogen) atoms. The van der Waals surface area contributed by atoms with Crippen molar-refractivity contribution in [2.75, 3.05) is 39.3 Å². The molecule has 1 aliphatic heterocycles. The molecule has 162 valence electrons. The molecule has 3 rings (SSSR count). The van der Waals surface area contributed by atoms with E-state index in [-0.39, 0.29) is 0 Å². The predicted octanol–water partition coefficient (Wildman–Crippen LogP) is 2.60. The zero-order valence-electron chi connectivity index (χ0n) is 17.4. The summed E-state index contributed by atoms with van der Waals surface area (Å²) in [5, 5.41) is 14.8. The van der Waals surface area contributed by atoms with Gasteiger partial charge in [0.2, 0.25) is 0 Å².